The normalized spacial score (nSPS) is 16.4. The Morgan fingerprint density at radius 2 is 2.09 bits per heavy atom. The number of nitrogen functional groups attached to an aromatic ring is 1. The number of amidine groups is 1. The molecule has 11 heteroatoms. The average molecular weight is 476 g/mol. The number of anilines is 1. The number of nitriles is 1. The smallest absolute Gasteiger partial charge is 0.390 e. The monoisotopic (exact) mass is 475 g/mol. The molecule has 1 fully saturated rings. The minimum Gasteiger partial charge on any atom is -0.390 e. The van der Waals surface area contributed by atoms with Gasteiger partial charge >= 0.3 is 6.18 Å². The van der Waals surface area contributed by atoms with Crippen LogP contribution < -0.4 is 11.5 Å². The Bertz CT molecular complexity index is 1230. The summed E-state index contributed by atoms with van der Waals surface area (Å²) in [4.78, 5) is 14.4. The predicted octanol–water partition coefficient (Wildman–Crippen LogP) is 3.86. The molecule has 1 saturated heterocycles. The quantitative estimate of drug-likeness (QED) is 0.382. The minimum absolute atomic E-state index is 0.00354. The highest BCUT2D eigenvalue weighted by Crippen LogP contribution is 2.31. The molecule has 0 saturated carbocycles. The van der Waals surface area contributed by atoms with Crippen LogP contribution in [-0.4, -0.2) is 46.0 Å². The lowest BCUT2D eigenvalue weighted by Crippen LogP contribution is -2.36. The van der Waals surface area contributed by atoms with Crippen molar-refractivity contribution in [2.45, 2.75) is 44.9 Å². The van der Waals surface area contributed by atoms with Crippen LogP contribution in [0.25, 0.3) is 11.0 Å². The van der Waals surface area contributed by atoms with Crippen LogP contribution >= 0.6 is 11.3 Å². The lowest BCUT2D eigenvalue weighted by atomic mass is 10.0. The summed E-state index contributed by atoms with van der Waals surface area (Å²) in [5.41, 5.74) is 15.8. The van der Waals surface area contributed by atoms with E-state index in [1.165, 1.54) is 6.07 Å². The van der Waals surface area contributed by atoms with Crippen LogP contribution in [0.4, 0.5) is 18.2 Å². The number of likely N-dealkylation sites (tertiary alicyclic amines) is 1. The Morgan fingerprint density at radius 3 is 2.76 bits per heavy atom. The number of nitrogens with two attached hydrogens (primary N) is 2. The number of H-pyrrole nitrogens is 1. The summed E-state index contributed by atoms with van der Waals surface area (Å²) in [6, 6.07) is 5.32. The lowest BCUT2D eigenvalue weighted by molar-refractivity contribution is -0.126. The fourth-order valence-electron chi connectivity index (χ4n) is 4.12. The first-order valence-electron chi connectivity index (χ1n) is 10.5. The van der Waals surface area contributed by atoms with E-state index in [-0.39, 0.29) is 21.8 Å². The predicted molar refractivity (Wildman–Crippen MR) is 123 cm³/mol. The van der Waals surface area contributed by atoms with Gasteiger partial charge in [0.1, 0.15) is 23.2 Å². The van der Waals surface area contributed by atoms with Crippen molar-refractivity contribution in [2.75, 3.05) is 18.8 Å². The summed E-state index contributed by atoms with van der Waals surface area (Å²) >= 11 is 0.901. The number of aliphatic imine (C=N–C) groups is 1. The van der Waals surface area contributed by atoms with Gasteiger partial charge in [0.25, 0.3) is 0 Å². The summed E-state index contributed by atoms with van der Waals surface area (Å²) in [6.45, 7) is 4.40. The second-order valence-corrected chi connectivity index (χ2v) is 9.44. The Labute approximate surface area is 192 Å². The van der Waals surface area contributed by atoms with Crippen molar-refractivity contribution in [3.8, 4) is 6.07 Å². The zero-order valence-electron chi connectivity index (χ0n) is 18.0. The largest absolute Gasteiger partial charge is 0.393 e. The SMILES string of the molecule is Cc1c(CN2CCC(N=C(N)c3cc(CC(F)(F)F)sc3N)CC2)cnc2[nH]c(C#N)cc12. The van der Waals surface area contributed by atoms with Crippen molar-refractivity contribution in [3.05, 3.63) is 45.6 Å². The number of thiophene rings is 1. The van der Waals surface area contributed by atoms with Gasteiger partial charge in [0, 0.05) is 36.1 Å². The molecule has 1 aliphatic rings. The molecule has 1 aliphatic heterocycles. The van der Waals surface area contributed by atoms with E-state index in [1.807, 2.05) is 19.2 Å². The molecule has 4 rings (SSSR count). The minimum atomic E-state index is -4.29. The number of hydrogen-bond acceptors (Lipinski definition) is 6. The van der Waals surface area contributed by atoms with E-state index in [0.717, 1.165) is 60.3 Å². The summed E-state index contributed by atoms with van der Waals surface area (Å²) in [5, 5.41) is 10.3. The van der Waals surface area contributed by atoms with Crippen LogP contribution in [0.2, 0.25) is 0 Å². The highest BCUT2D eigenvalue weighted by Gasteiger charge is 2.29. The Hall–Kier alpha value is -3.10. The van der Waals surface area contributed by atoms with Crippen LogP contribution in [0, 0.1) is 18.3 Å². The second-order valence-electron chi connectivity index (χ2n) is 8.27. The van der Waals surface area contributed by atoms with Crippen LogP contribution in [-0.2, 0) is 13.0 Å². The van der Waals surface area contributed by atoms with Gasteiger partial charge in [0.15, 0.2) is 0 Å². The third kappa shape index (κ3) is 5.29. The number of nitrogens with zero attached hydrogens (tertiary/aromatic N) is 4. The van der Waals surface area contributed by atoms with Gasteiger partial charge in [-0.1, -0.05) is 0 Å². The molecular formula is C22H24F3N7S. The van der Waals surface area contributed by atoms with Gasteiger partial charge in [0.2, 0.25) is 0 Å². The highest BCUT2D eigenvalue weighted by molar-refractivity contribution is 7.16. The number of aromatic nitrogens is 2. The molecule has 0 atom stereocenters. The first kappa shape index (κ1) is 23.1. The third-order valence-electron chi connectivity index (χ3n) is 5.89. The van der Waals surface area contributed by atoms with Crippen LogP contribution in [0.3, 0.4) is 0 Å². The van der Waals surface area contributed by atoms with Gasteiger partial charge in [-0.25, -0.2) is 4.98 Å². The zero-order valence-corrected chi connectivity index (χ0v) is 18.9. The van der Waals surface area contributed by atoms with Crippen LogP contribution in [0.1, 0.15) is 40.1 Å². The van der Waals surface area contributed by atoms with Gasteiger partial charge in [-0.2, -0.15) is 18.4 Å². The summed E-state index contributed by atoms with van der Waals surface area (Å²) < 4.78 is 37.9. The molecule has 0 unspecified atom stereocenters. The first-order valence-corrected chi connectivity index (χ1v) is 11.3. The standard InChI is InChI=1S/C22H24F3N7S/c1-12-13(10-29-21-17(12)6-15(9-26)31-21)11-32-4-2-14(3-5-32)30-19(27)18-7-16(33-20(18)28)8-22(23,24)25/h6-7,10,14H,2-5,8,11,28H2,1H3,(H2,27,30)(H,29,31). The summed E-state index contributed by atoms with van der Waals surface area (Å²) in [5.74, 6) is 0.196. The summed E-state index contributed by atoms with van der Waals surface area (Å²) in [6.07, 6.45) is -1.89. The molecule has 174 valence electrons. The van der Waals surface area contributed by atoms with Crippen molar-refractivity contribution in [3.63, 3.8) is 0 Å². The fourth-order valence-corrected chi connectivity index (χ4v) is 5.09. The van der Waals surface area contributed by atoms with Crippen molar-refractivity contribution in [1.82, 2.24) is 14.9 Å². The molecule has 0 amide bonds. The maximum absolute atomic E-state index is 12.6. The first-order chi connectivity index (χ1) is 15.6. The number of hydrogen-bond donors (Lipinski definition) is 3. The molecule has 0 aliphatic carbocycles. The van der Waals surface area contributed by atoms with E-state index in [4.69, 9.17) is 16.7 Å². The van der Waals surface area contributed by atoms with Gasteiger partial charge in [-0.3, -0.25) is 9.89 Å². The second kappa shape index (κ2) is 9.03. The molecule has 7 nitrogen and oxygen atoms in total. The van der Waals surface area contributed by atoms with E-state index in [1.54, 1.807) is 0 Å². The van der Waals surface area contributed by atoms with E-state index in [2.05, 4.69) is 25.9 Å². The van der Waals surface area contributed by atoms with Gasteiger partial charge in [-0.15, -0.1) is 11.3 Å². The number of aryl methyl sites for hydroxylation is 1. The van der Waals surface area contributed by atoms with E-state index in [9.17, 15) is 13.2 Å². The molecule has 4 heterocycles. The molecular weight excluding hydrogens is 451 g/mol. The molecule has 0 aromatic carbocycles. The number of rotatable bonds is 5. The number of pyridine rings is 1. The van der Waals surface area contributed by atoms with E-state index in [0.29, 0.717) is 16.9 Å². The van der Waals surface area contributed by atoms with Crippen LogP contribution in [0.5, 0.6) is 0 Å². The number of aromatic amines is 1. The molecule has 3 aromatic heterocycles. The Morgan fingerprint density at radius 1 is 1.36 bits per heavy atom. The number of alkyl halides is 3. The molecule has 0 radical (unpaired) electrons. The Kier molecular flexibility index (Phi) is 6.32. The van der Waals surface area contributed by atoms with Crippen LogP contribution in [0.15, 0.2) is 23.3 Å². The average Bonchev–Trinajstić information content (AvgIpc) is 3.33. The molecule has 3 aromatic rings. The topological polar surface area (TPSA) is 120 Å². The number of fused-ring (bicyclic) bond motifs is 1. The Balaban J connectivity index is 1.38. The van der Waals surface area contributed by atoms with Crippen molar-refractivity contribution < 1.29 is 13.2 Å². The molecule has 0 bridgehead atoms. The lowest BCUT2D eigenvalue weighted by Gasteiger charge is -2.30. The zero-order chi connectivity index (χ0) is 23.8. The summed E-state index contributed by atoms with van der Waals surface area (Å²) in [7, 11) is 0. The van der Waals surface area contributed by atoms with Crippen molar-refractivity contribution >= 4 is 33.2 Å². The van der Waals surface area contributed by atoms with E-state index < -0.39 is 12.6 Å². The number of nitrogens with one attached hydrogen (secondary N) is 1. The third-order valence-corrected chi connectivity index (χ3v) is 6.85. The van der Waals surface area contributed by atoms with Crippen molar-refractivity contribution in [2.24, 2.45) is 10.7 Å². The maximum Gasteiger partial charge on any atom is 0.393 e. The molecule has 5 N–H and O–H groups in total. The van der Waals surface area contributed by atoms with Crippen molar-refractivity contribution in [1.29, 1.82) is 5.26 Å². The van der Waals surface area contributed by atoms with Gasteiger partial charge < -0.3 is 16.5 Å². The van der Waals surface area contributed by atoms with Gasteiger partial charge in [0.05, 0.1) is 23.0 Å². The van der Waals surface area contributed by atoms with E-state index >= 15 is 0 Å². The highest BCUT2D eigenvalue weighted by atomic mass is 32.1. The maximum atomic E-state index is 12.6. The number of piperidine rings is 1. The van der Waals surface area contributed by atoms with Gasteiger partial charge in [-0.05, 0) is 43.0 Å². The molecule has 33 heavy (non-hydrogen) atoms. The fraction of sp³-hybridized carbons (Fsp3) is 0.409. The molecule has 0 spiro atoms. The number of halogens is 3.